The SMILES string of the molecule is COC(=O)C(c1ccccc1)N1CCCN1C(=O)OC(C)(C)C. The molecule has 6 nitrogen and oxygen atoms in total. The number of methoxy groups -OCH3 is 1. The third-order valence-electron chi connectivity index (χ3n) is 3.51. The van der Waals surface area contributed by atoms with Crippen LogP contribution in [0.25, 0.3) is 0 Å². The van der Waals surface area contributed by atoms with Gasteiger partial charge in [-0.3, -0.25) is 0 Å². The van der Waals surface area contributed by atoms with Crippen molar-refractivity contribution in [3.8, 4) is 0 Å². The second-order valence-corrected chi connectivity index (χ2v) is 6.46. The van der Waals surface area contributed by atoms with Crippen LogP contribution in [-0.2, 0) is 14.3 Å². The van der Waals surface area contributed by atoms with Crippen molar-refractivity contribution in [1.29, 1.82) is 0 Å². The van der Waals surface area contributed by atoms with Crippen LogP contribution in [0.5, 0.6) is 0 Å². The number of esters is 1. The molecule has 2 rings (SSSR count). The molecule has 1 atom stereocenters. The molecule has 1 aromatic carbocycles. The summed E-state index contributed by atoms with van der Waals surface area (Å²) in [6, 6.07) is 8.66. The number of amides is 1. The van der Waals surface area contributed by atoms with Gasteiger partial charge in [0.05, 0.1) is 7.11 Å². The van der Waals surface area contributed by atoms with E-state index in [1.165, 1.54) is 12.1 Å². The van der Waals surface area contributed by atoms with Crippen LogP contribution in [-0.4, -0.2) is 47.9 Å². The van der Waals surface area contributed by atoms with Gasteiger partial charge in [-0.25, -0.2) is 14.6 Å². The topological polar surface area (TPSA) is 59.1 Å². The van der Waals surface area contributed by atoms with E-state index < -0.39 is 23.7 Å². The molecule has 1 fully saturated rings. The van der Waals surface area contributed by atoms with Crippen molar-refractivity contribution in [3.05, 3.63) is 35.9 Å². The van der Waals surface area contributed by atoms with E-state index in [1.807, 2.05) is 51.1 Å². The molecule has 1 unspecified atom stereocenters. The highest BCUT2D eigenvalue weighted by molar-refractivity contribution is 5.78. The fraction of sp³-hybridized carbons (Fsp3) is 0.529. The van der Waals surface area contributed by atoms with Gasteiger partial charge >= 0.3 is 12.1 Å². The van der Waals surface area contributed by atoms with Gasteiger partial charge in [-0.05, 0) is 32.8 Å². The number of carbonyl (C=O) groups excluding carboxylic acids is 2. The van der Waals surface area contributed by atoms with Gasteiger partial charge in [-0.1, -0.05) is 30.3 Å². The Morgan fingerprint density at radius 1 is 1.13 bits per heavy atom. The average molecular weight is 320 g/mol. The molecule has 1 aromatic rings. The van der Waals surface area contributed by atoms with Gasteiger partial charge in [0.25, 0.3) is 0 Å². The van der Waals surface area contributed by atoms with Gasteiger partial charge in [0.1, 0.15) is 5.60 Å². The molecular formula is C17H24N2O4. The van der Waals surface area contributed by atoms with E-state index in [-0.39, 0.29) is 0 Å². The second kappa shape index (κ2) is 7.00. The van der Waals surface area contributed by atoms with Gasteiger partial charge in [-0.15, -0.1) is 0 Å². The van der Waals surface area contributed by atoms with Crippen LogP contribution in [0.15, 0.2) is 30.3 Å². The first kappa shape index (κ1) is 17.3. The van der Waals surface area contributed by atoms with E-state index in [4.69, 9.17) is 9.47 Å². The van der Waals surface area contributed by atoms with Crippen molar-refractivity contribution in [2.45, 2.75) is 38.8 Å². The number of benzene rings is 1. The van der Waals surface area contributed by atoms with Crippen LogP contribution < -0.4 is 0 Å². The van der Waals surface area contributed by atoms with Crippen molar-refractivity contribution < 1.29 is 19.1 Å². The Morgan fingerprint density at radius 3 is 2.35 bits per heavy atom. The summed E-state index contributed by atoms with van der Waals surface area (Å²) in [5, 5.41) is 3.23. The summed E-state index contributed by atoms with van der Waals surface area (Å²) >= 11 is 0. The Balaban J connectivity index is 2.27. The highest BCUT2D eigenvalue weighted by Gasteiger charge is 2.39. The highest BCUT2D eigenvalue weighted by Crippen LogP contribution is 2.28. The third-order valence-corrected chi connectivity index (χ3v) is 3.51. The van der Waals surface area contributed by atoms with Crippen LogP contribution in [0.3, 0.4) is 0 Å². The molecule has 23 heavy (non-hydrogen) atoms. The van der Waals surface area contributed by atoms with E-state index in [0.29, 0.717) is 13.1 Å². The van der Waals surface area contributed by atoms with Gasteiger partial charge in [0.2, 0.25) is 0 Å². The second-order valence-electron chi connectivity index (χ2n) is 6.46. The molecule has 0 saturated carbocycles. The minimum atomic E-state index is -0.656. The smallest absolute Gasteiger partial charge is 0.425 e. The molecule has 0 bridgehead atoms. The average Bonchev–Trinajstić information content (AvgIpc) is 2.96. The summed E-state index contributed by atoms with van der Waals surface area (Å²) in [6.07, 6.45) is 0.333. The summed E-state index contributed by atoms with van der Waals surface area (Å²) in [5.41, 5.74) is 0.202. The molecule has 0 radical (unpaired) electrons. The molecule has 1 saturated heterocycles. The molecule has 0 spiro atoms. The van der Waals surface area contributed by atoms with Crippen LogP contribution in [0.4, 0.5) is 4.79 Å². The maximum absolute atomic E-state index is 12.4. The van der Waals surface area contributed by atoms with Crippen molar-refractivity contribution >= 4 is 12.1 Å². The zero-order chi connectivity index (χ0) is 17.0. The van der Waals surface area contributed by atoms with Crippen molar-refractivity contribution in [1.82, 2.24) is 10.0 Å². The predicted molar refractivity (Wildman–Crippen MR) is 85.5 cm³/mol. The fourth-order valence-corrected chi connectivity index (χ4v) is 2.59. The number of ether oxygens (including phenoxy) is 2. The fourth-order valence-electron chi connectivity index (χ4n) is 2.59. The zero-order valence-electron chi connectivity index (χ0n) is 14.1. The maximum atomic E-state index is 12.4. The lowest BCUT2D eigenvalue weighted by Crippen LogP contribution is -2.47. The van der Waals surface area contributed by atoms with Crippen molar-refractivity contribution in [2.24, 2.45) is 0 Å². The summed E-state index contributed by atoms with van der Waals surface area (Å²) in [5.74, 6) is -0.397. The van der Waals surface area contributed by atoms with E-state index in [2.05, 4.69) is 0 Å². The minimum absolute atomic E-state index is 0.397. The van der Waals surface area contributed by atoms with Gasteiger partial charge in [0, 0.05) is 13.1 Å². The molecule has 126 valence electrons. The van der Waals surface area contributed by atoms with Gasteiger partial charge in [0.15, 0.2) is 6.04 Å². The molecule has 1 amide bonds. The van der Waals surface area contributed by atoms with Crippen molar-refractivity contribution in [3.63, 3.8) is 0 Å². The lowest BCUT2D eigenvalue weighted by atomic mass is 10.1. The molecule has 1 aliphatic rings. The zero-order valence-corrected chi connectivity index (χ0v) is 14.1. The number of rotatable bonds is 3. The Morgan fingerprint density at radius 2 is 1.78 bits per heavy atom. The van der Waals surface area contributed by atoms with Crippen LogP contribution >= 0.6 is 0 Å². The summed E-state index contributed by atoms with van der Waals surface area (Å²) < 4.78 is 10.4. The van der Waals surface area contributed by atoms with E-state index >= 15 is 0 Å². The Labute approximate surface area is 136 Å². The predicted octanol–water partition coefficient (Wildman–Crippen LogP) is 2.76. The third kappa shape index (κ3) is 4.22. The molecule has 0 aliphatic carbocycles. The molecule has 0 aromatic heterocycles. The summed E-state index contributed by atoms with van der Waals surface area (Å²) in [4.78, 5) is 24.7. The van der Waals surface area contributed by atoms with Crippen LogP contribution in [0.1, 0.15) is 38.8 Å². The standard InChI is InChI=1S/C17H24N2O4/c1-17(2,3)23-16(21)19-12-8-11-18(19)14(15(20)22-4)13-9-6-5-7-10-13/h5-7,9-10,14H,8,11-12H2,1-4H3. The number of hydrazine groups is 1. The first-order valence-electron chi connectivity index (χ1n) is 7.73. The number of hydrogen-bond donors (Lipinski definition) is 0. The minimum Gasteiger partial charge on any atom is -0.468 e. The lowest BCUT2D eigenvalue weighted by Gasteiger charge is -2.34. The van der Waals surface area contributed by atoms with Crippen LogP contribution in [0.2, 0.25) is 0 Å². The van der Waals surface area contributed by atoms with Crippen LogP contribution in [0, 0.1) is 0 Å². The summed E-state index contributed by atoms with van der Waals surface area (Å²) in [6.45, 7) is 6.57. The molecule has 6 heteroatoms. The first-order chi connectivity index (χ1) is 10.8. The molecule has 1 heterocycles. The van der Waals surface area contributed by atoms with E-state index in [9.17, 15) is 9.59 Å². The molecule has 1 aliphatic heterocycles. The Hall–Kier alpha value is -2.08. The number of hydrogen-bond acceptors (Lipinski definition) is 5. The quantitative estimate of drug-likeness (QED) is 0.802. The van der Waals surface area contributed by atoms with E-state index in [0.717, 1.165) is 12.0 Å². The maximum Gasteiger partial charge on any atom is 0.425 e. The van der Waals surface area contributed by atoms with Gasteiger partial charge in [-0.2, -0.15) is 5.01 Å². The largest absolute Gasteiger partial charge is 0.468 e. The number of carbonyl (C=O) groups is 2. The number of nitrogens with zero attached hydrogens (tertiary/aromatic N) is 2. The highest BCUT2D eigenvalue weighted by atomic mass is 16.6. The lowest BCUT2D eigenvalue weighted by molar-refractivity contribution is -0.153. The first-order valence-corrected chi connectivity index (χ1v) is 7.73. The van der Waals surface area contributed by atoms with Crippen molar-refractivity contribution in [2.75, 3.05) is 20.2 Å². The Bertz CT molecular complexity index is 553. The normalized spacial score (nSPS) is 17.0. The van der Waals surface area contributed by atoms with E-state index in [1.54, 1.807) is 5.01 Å². The monoisotopic (exact) mass is 320 g/mol. The van der Waals surface area contributed by atoms with Gasteiger partial charge < -0.3 is 9.47 Å². The Kier molecular flexibility index (Phi) is 5.26. The molecule has 0 N–H and O–H groups in total. The summed E-state index contributed by atoms with van der Waals surface area (Å²) in [7, 11) is 1.35. The molecular weight excluding hydrogens is 296 g/mol.